The molecule has 0 aromatic heterocycles. The summed E-state index contributed by atoms with van der Waals surface area (Å²) in [7, 11) is -0.250. The van der Waals surface area contributed by atoms with Crippen LogP contribution in [0.4, 0.5) is 5.69 Å². The lowest BCUT2D eigenvalue weighted by atomic mass is 9.63. The van der Waals surface area contributed by atoms with Gasteiger partial charge in [-0.15, -0.1) is 0 Å². The minimum absolute atomic E-state index is 0.250. The van der Waals surface area contributed by atoms with E-state index in [2.05, 4.69) is 17.0 Å². The summed E-state index contributed by atoms with van der Waals surface area (Å²) in [6.45, 7) is 0. The van der Waals surface area contributed by atoms with E-state index >= 15 is 0 Å². The SMILES string of the molecule is OBOc1cccc(N2C3CC4CC(C3)CC2C4)c1. The summed E-state index contributed by atoms with van der Waals surface area (Å²) in [5.74, 6) is 2.74. The van der Waals surface area contributed by atoms with E-state index in [9.17, 15) is 0 Å². The Morgan fingerprint density at radius 3 is 2.37 bits per heavy atom. The van der Waals surface area contributed by atoms with Gasteiger partial charge in [-0.1, -0.05) is 6.07 Å². The number of hydrogen-bond acceptors (Lipinski definition) is 3. The summed E-state index contributed by atoms with van der Waals surface area (Å²) in [5.41, 5.74) is 1.28. The lowest BCUT2D eigenvalue weighted by molar-refractivity contribution is 0.0900. The van der Waals surface area contributed by atoms with Crippen molar-refractivity contribution >= 4 is 13.4 Å². The minimum Gasteiger partial charge on any atom is -0.539 e. The molecule has 2 aliphatic carbocycles. The van der Waals surface area contributed by atoms with Crippen molar-refractivity contribution in [3.05, 3.63) is 24.3 Å². The Hall–Kier alpha value is -1.16. The normalized spacial score (nSPS) is 35.5. The van der Waals surface area contributed by atoms with Crippen LogP contribution in [0, 0.1) is 11.8 Å². The fourth-order valence-electron chi connectivity index (χ4n) is 4.76. The first-order valence-corrected chi connectivity index (χ1v) is 7.45. The molecule has 4 fully saturated rings. The molecule has 0 radical (unpaired) electrons. The van der Waals surface area contributed by atoms with E-state index in [0.717, 1.165) is 29.7 Å². The van der Waals surface area contributed by atoms with Gasteiger partial charge in [-0.2, -0.15) is 0 Å². The molecule has 19 heavy (non-hydrogen) atoms. The molecule has 4 bridgehead atoms. The molecule has 2 saturated carbocycles. The van der Waals surface area contributed by atoms with Crippen LogP contribution in [0.5, 0.6) is 5.75 Å². The Labute approximate surface area is 114 Å². The third-order valence-corrected chi connectivity index (χ3v) is 5.22. The summed E-state index contributed by atoms with van der Waals surface area (Å²) < 4.78 is 5.22. The van der Waals surface area contributed by atoms with Crippen molar-refractivity contribution in [2.75, 3.05) is 4.90 Å². The predicted molar refractivity (Wildman–Crippen MR) is 76.6 cm³/mol. The zero-order valence-corrected chi connectivity index (χ0v) is 11.2. The first-order valence-electron chi connectivity index (χ1n) is 7.45. The average molecular weight is 257 g/mol. The smallest absolute Gasteiger partial charge is 0.504 e. The van der Waals surface area contributed by atoms with Crippen LogP contribution in [0.1, 0.15) is 32.1 Å². The highest BCUT2D eigenvalue weighted by atomic mass is 16.5. The van der Waals surface area contributed by atoms with Crippen molar-refractivity contribution in [2.45, 2.75) is 44.2 Å². The van der Waals surface area contributed by atoms with Crippen LogP contribution in [-0.2, 0) is 0 Å². The lowest BCUT2D eigenvalue weighted by Crippen LogP contribution is -2.58. The van der Waals surface area contributed by atoms with E-state index < -0.39 is 0 Å². The third kappa shape index (κ3) is 1.93. The van der Waals surface area contributed by atoms with E-state index in [4.69, 9.17) is 9.68 Å². The van der Waals surface area contributed by atoms with Gasteiger partial charge < -0.3 is 14.6 Å². The van der Waals surface area contributed by atoms with E-state index in [-0.39, 0.29) is 7.69 Å². The van der Waals surface area contributed by atoms with Crippen LogP contribution >= 0.6 is 0 Å². The van der Waals surface area contributed by atoms with Crippen LogP contribution in [-0.4, -0.2) is 24.8 Å². The quantitative estimate of drug-likeness (QED) is 0.841. The molecule has 0 amide bonds. The molecule has 0 spiro atoms. The largest absolute Gasteiger partial charge is 0.539 e. The highest BCUT2D eigenvalue weighted by Gasteiger charge is 2.46. The molecule has 0 atom stereocenters. The first kappa shape index (κ1) is 11.7. The molecule has 2 heterocycles. The number of nitrogens with zero attached hydrogens (tertiary/aromatic N) is 1. The van der Waals surface area contributed by atoms with Crippen molar-refractivity contribution in [3.8, 4) is 5.75 Å². The Morgan fingerprint density at radius 1 is 1.05 bits per heavy atom. The number of piperidine rings is 2. The first-order chi connectivity index (χ1) is 9.33. The van der Waals surface area contributed by atoms with Gasteiger partial charge in [0.15, 0.2) is 0 Å². The van der Waals surface area contributed by atoms with Crippen molar-refractivity contribution in [3.63, 3.8) is 0 Å². The van der Waals surface area contributed by atoms with Crippen LogP contribution in [0.2, 0.25) is 0 Å². The average Bonchev–Trinajstić information content (AvgIpc) is 2.38. The topological polar surface area (TPSA) is 32.7 Å². The summed E-state index contributed by atoms with van der Waals surface area (Å²) in [6.07, 6.45) is 6.97. The van der Waals surface area contributed by atoms with E-state index in [0.29, 0.717) is 0 Å². The number of anilines is 1. The number of benzene rings is 1. The third-order valence-electron chi connectivity index (χ3n) is 5.22. The Bertz CT molecular complexity index is 451. The minimum atomic E-state index is -0.250. The molecule has 4 aliphatic rings. The van der Waals surface area contributed by atoms with E-state index in [1.54, 1.807) is 0 Å². The maximum Gasteiger partial charge on any atom is 0.504 e. The molecule has 100 valence electrons. The second kappa shape index (κ2) is 4.45. The Balaban J connectivity index is 1.63. The highest BCUT2D eigenvalue weighted by Crippen LogP contribution is 2.50. The molecule has 2 saturated heterocycles. The second-order valence-corrected chi connectivity index (χ2v) is 6.40. The maximum atomic E-state index is 8.89. The monoisotopic (exact) mass is 257 g/mol. The van der Waals surface area contributed by atoms with Crippen LogP contribution < -0.4 is 9.55 Å². The molecule has 4 heteroatoms. The van der Waals surface area contributed by atoms with Gasteiger partial charge in [0, 0.05) is 23.8 Å². The van der Waals surface area contributed by atoms with E-state index in [1.807, 2.05) is 12.1 Å². The van der Waals surface area contributed by atoms with Crippen molar-refractivity contribution in [1.82, 2.24) is 0 Å². The Kier molecular flexibility index (Phi) is 2.73. The predicted octanol–water partition coefficient (Wildman–Crippen LogP) is 2.09. The van der Waals surface area contributed by atoms with Crippen molar-refractivity contribution in [1.29, 1.82) is 0 Å². The van der Waals surface area contributed by atoms with Gasteiger partial charge in [0.05, 0.1) is 0 Å². The molecule has 1 aromatic rings. The molecule has 1 N–H and O–H groups in total. The molecule has 5 rings (SSSR count). The summed E-state index contributed by atoms with van der Waals surface area (Å²) in [6, 6.07) is 9.69. The lowest BCUT2D eigenvalue weighted by Gasteiger charge is -2.57. The molecule has 2 aliphatic heterocycles. The molecule has 0 unspecified atom stereocenters. The van der Waals surface area contributed by atoms with Gasteiger partial charge >= 0.3 is 7.69 Å². The molecule has 1 aromatic carbocycles. The summed E-state index contributed by atoms with van der Waals surface area (Å²) in [4.78, 5) is 2.64. The van der Waals surface area contributed by atoms with Gasteiger partial charge in [0.1, 0.15) is 5.75 Å². The van der Waals surface area contributed by atoms with Crippen molar-refractivity contribution in [2.24, 2.45) is 11.8 Å². The zero-order valence-electron chi connectivity index (χ0n) is 11.2. The van der Waals surface area contributed by atoms with Crippen LogP contribution in [0.15, 0.2) is 24.3 Å². The number of hydrogen-bond donors (Lipinski definition) is 1. The Morgan fingerprint density at radius 2 is 1.74 bits per heavy atom. The van der Waals surface area contributed by atoms with Crippen molar-refractivity contribution < 1.29 is 9.68 Å². The summed E-state index contributed by atoms with van der Waals surface area (Å²) in [5, 5.41) is 8.89. The van der Waals surface area contributed by atoms with Gasteiger partial charge in [-0.05, 0) is 56.1 Å². The van der Waals surface area contributed by atoms with Gasteiger partial charge in [-0.25, -0.2) is 0 Å². The highest BCUT2D eigenvalue weighted by molar-refractivity contribution is 6.17. The standard InChI is InChI=1S/C15H20BNO2/c18-16-19-15-3-1-2-12(9-15)17-13-5-10-4-11(7-13)8-14(17)6-10/h1-3,9-11,13-14,16,18H,4-8H2. The fourth-order valence-corrected chi connectivity index (χ4v) is 4.76. The summed E-state index contributed by atoms with van der Waals surface area (Å²) >= 11 is 0. The second-order valence-electron chi connectivity index (χ2n) is 6.40. The maximum absolute atomic E-state index is 8.89. The van der Waals surface area contributed by atoms with Gasteiger partial charge in [0.25, 0.3) is 0 Å². The van der Waals surface area contributed by atoms with Gasteiger partial charge in [-0.3, -0.25) is 0 Å². The fraction of sp³-hybridized carbons (Fsp3) is 0.600. The zero-order chi connectivity index (χ0) is 12.8. The van der Waals surface area contributed by atoms with Crippen LogP contribution in [0.3, 0.4) is 0 Å². The van der Waals surface area contributed by atoms with Crippen LogP contribution in [0.25, 0.3) is 0 Å². The number of rotatable bonds is 3. The van der Waals surface area contributed by atoms with E-state index in [1.165, 1.54) is 37.8 Å². The molecule has 3 nitrogen and oxygen atoms in total. The molecular weight excluding hydrogens is 237 g/mol. The molecular formula is C15H20BNO2. The van der Waals surface area contributed by atoms with Gasteiger partial charge in [0.2, 0.25) is 0 Å².